The number of nitro benzene ring substituents is 1. The molecule has 0 saturated heterocycles. The molecule has 0 radical (unpaired) electrons. The van der Waals surface area contributed by atoms with E-state index in [-0.39, 0.29) is 23.4 Å². The lowest BCUT2D eigenvalue weighted by atomic mass is 10.1. The van der Waals surface area contributed by atoms with Crippen molar-refractivity contribution < 1.29 is 14.5 Å². The zero-order valence-corrected chi connectivity index (χ0v) is 8.47. The topological polar surface area (TPSA) is 93.2 Å². The van der Waals surface area contributed by atoms with E-state index in [4.69, 9.17) is 10.00 Å². The number of carbonyl (C=O) groups is 1. The minimum atomic E-state index is -0.664. The van der Waals surface area contributed by atoms with Crippen LogP contribution in [0.5, 0.6) is 5.75 Å². The van der Waals surface area contributed by atoms with Crippen LogP contribution in [0.25, 0.3) is 0 Å². The van der Waals surface area contributed by atoms with Crippen LogP contribution in [0.2, 0.25) is 0 Å². The summed E-state index contributed by atoms with van der Waals surface area (Å²) in [4.78, 5) is 20.6. The van der Waals surface area contributed by atoms with Crippen LogP contribution in [0.3, 0.4) is 0 Å². The second kappa shape index (κ2) is 4.89. The van der Waals surface area contributed by atoms with E-state index in [2.05, 4.69) is 0 Å². The van der Waals surface area contributed by atoms with Crippen molar-refractivity contribution in [3.63, 3.8) is 0 Å². The van der Waals surface area contributed by atoms with Gasteiger partial charge >= 0.3 is 0 Å². The van der Waals surface area contributed by atoms with Gasteiger partial charge in [0.15, 0.2) is 6.29 Å². The maximum Gasteiger partial charge on any atom is 0.283 e. The van der Waals surface area contributed by atoms with Gasteiger partial charge < -0.3 is 4.74 Å². The number of nitro groups is 1. The van der Waals surface area contributed by atoms with Gasteiger partial charge in [-0.25, -0.2) is 0 Å². The highest BCUT2D eigenvalue weighted by Crippen LogP contribution is 2.28. The maximum atomic E-state index is 10.7. The molecule has 0 saturated carbocycles. The Hall–Kier alpha value is -2.42. The zero-order valence-electron chi connectivity index (χ0n) is 8.47. The second-order valence-corrected chi connectivity index (χ2v) is 2.93. The quantitative estimate of drug-likeness (QED) is 0.435. The van der Waals surface area contributed by atoms with Crippen LogP contribution in [-0.2, 0) is 6.42 Å². The molecule has 1 rings (SSSR count). The third-order valence-corrected chi connectivity index (χ3v) is 2.02. The highest BCUT2D eigenvalue weighted by Gasteiger charge is 2.17. The molecule has 1 aromatic rings. The van der Waals surface area contributed by atoms with Gasteiger partial charge in [0.05, 0.1) is 36.2 Å². The van der Waals surface area contributed by atoms with Crippen molar-refractivity contribution in [2.45, 2.75) is 6.42 Å². The predicted molar refractivity (Wildman–Crippen MR) is 54.4 cm³/mol. The van der Waals surface area contributed by atoms with Crippen LogP contribution >= 0.6 is 0 Å². The van der Waals surface area contributed by atoms with Gasteiger partial charge in [-0.2, -0.15) is 5.26 Å². The largest absolute Gasteiger partial charge is 0.496 e. The lowest BCUT2D eigenvalue weighted by Crippen LogP contribution is -1.99. The number of rotatable bonds is 4. The number of benzene rings is 1. The minimum absolute atomic E-state index is 0.0298. The molecule has 0 heterocycles. The molecule has 0 amide bonds. The molecule has 6 heteroatoms. The minimum Gasteiger partial charge on any atom is -0.496 e. The number of nitrogens with zero attached hydrogens (tertiary/aromatic N) is 2. The molecule has 6 nitrogen and oxygen atoms in total. The normalized spacial score (nSPS) is 9.25. The summed E-state index contributed by atoms with van der Waals surface area (Å²) < 4.78 is 4.92. The van der Waals surface area contributed by atoms with Gasteiger partial charge in [0, 0.05) is 5.56 Å². The molecule has 0 aliphatic heterocycles. The molecule has 0 spiro atoms. The molecule has 82 valence electrons. The first-order valence-electron chi connectivity index (χ1n) is 4.31. The SMILES string of the molecule is COc1cc([N+](=O)[O-])c(C=O)cc1CC#N. The summed E-state index contributed by atoms with van der Waals surface area (Å²) in [5.74, 6) is 0.235. The first kappa shape index (κ1) is 11.7. The van der Waals surface area contributed by atoms with E-state index in [1.807, 2.05) is 6.07 Å². The number of nitriles is 1. The van der Waals surface area contributed by atoms with E-state index in [0.717, 1.165) is 6.07 Å². The number of carbonyl (C=O) groups excluding carboxylic acids is 1. The van der Waals surface area contributed by atoms with E-state index in [9.17, 15) is 14.9 Å². The summed E-state index contributed by atoms with van der Waals surface area (Å²) in [5.41, 5.74) is 0.0716. The fraction of sp³-hybridized carbons (Fsp3) is 0.200. The van der Waals surface area contributed by atoms with Gasteiger partial charge in [-0.15, -0.1) is 0 Å². The van der Waals surface area contributed by atoms with E-state index >= 15 is 0 Å². The number of aldehydes is 1. The van der Waals surface area contributed by atoms with Crippen LogP contribution in [0, 0.1) is 21.4 Å². The molecule has 0 fully saturated rings. The summed E-state index contributed by atoms with van der Waals surface area (Å²) in [7, 11) is 1.35. The second-order valence-electron chi connectivity index (χ2n) is 2.93. The first-order chi connectivity index (χ1) is 7.63. The van der Waals surface area contributed by atoms with E-state index in [1.165, 1.54) is 13.2 Å². The monoisotopic (exact) mass is 220 g/mol. The number of methoxy groups -OCH3 is 1. The summed E-state index contributed by atoms with van der Waals surface area (Å²) in [6, 6.07) is 4.34. The van der Waals surface area contributed by atoms with Crippen molar-refractivity contribution >= 4 is 12.0 Å². The molecule has 0 aliphatic rings. The van der Waals surface area contributed by atoms with Crippen molar-refractivity contribution in [3.8, 4) is 11.8 Å². The Bertz CT molecular complexity index is 476. The summed E-state index contributed by atoms with van der Waals surface area (Å²) in [6.07, 6.45) is 0.417. The molecule has 0 aromatic heterocycles. The van der Waals surface area contributed by atoms with Crippen LogP contribution in [-0.4, -0.2) is 18.3 Å². The molecule has 1 aromatic carbocycles. The van der Waals surface area contributed by atoms with E-state index in [1.54, 1.807) is 0 Å². The molecular weight excluding hydrogens is 212 g/mol. The Labute approximate surface area is 91.2 Å². The third kappa shape index (κ3) is 2.15. The van der Waals surface area contributed by atoms with Crippen LogP contribution < -0.4 is 4.74 Å². The van der Waals surface area contributed by atoms with Gasteiger partial charge in [-0.1, -0.05) is 0 Å². The summed E-state index contributed by atoms with van der Waals surface area (Å²) in [6.45, 7) is 0. The highest BCUT2D eigenvalue weighted by molar-refractivity contribution is 5.82. The van der Waals surface area contributed by atoms with Crippen molar-refractivity contribution in [1.29, 1.82) is 5.26 Å². The van der Waals surface area contributed by atoms with Gasteiger partial charge in [-0.05, 0) is 6.07 Å². The Morgan fingerprint density at radius 1 is 1.62 bits per heavy atom. The lowest BCUT2D eigenvalue weighted by Gasteiger charge is -2.06. The number of hydrogen-bond acceptors (Lipinski definition) is 5. The van der Waals surface area contributed by atoms with Crippen molar-refractivity contribution in [1.82, 2.24) is 0 Å². The zero-order chi connectivity index (χ0) is 12.1. The molecule has 0 atom stereocenters. The fourth-order valence-electron chi connectivity index (χ4n) is 1.30. The Kier molecular flexibility index (Phi) is 3.56. The summed E-state index contributed by atoms with van der Waals surface area (Å²) in [5, 5.41) is 19.2. The van der Waals surface area contributed by atoms with Crippen LogP contribution in [0.15, 0.2) is 12.1 Å². The standard InChI is InChI=1S/C10H8N2O4/c1-16-10-5-9(12(14)15)8(6-13)4-7(10)2-3-11/h4-6H,2H2,1H3. The van der Waals surface area contributed by atoms with Gasteiger partial charge in [-0.3, -0.25) is 14.9 Å². The molecular formula is C10H8N2O4. The Balaban J connectivity index is 3.40. The van der Waals surface area contributed by atoms with Gasteiger partial charge in [0.25, 0.3) is 5.69 Å². The predicted octanol–water partition coefficient (Wildman–Crippen LogP) is 1.48. The number of hydrogen-bond donors (Lipinski definition) is 0. The Morgan fingerprint density at radius 2 is 2.31 bits per heavy atom. The van der Waals surface area contributed by atoms with Gasteiger partial charge in [0.1, 0.15) is 5.75 Å². The maximum absolute atomic E-state index is 10.7. The molecule has 0 N–H and O–H groups in total. The Morgan fingerprint density at radius 3 is 2.75 bits per heavy atom. The van der Waals surface area contributed by atoms with E-state index in [0.29, 0.717) is 11.8 Å². The van der Waals surface area contributed by atoms with Crippen molar-refractivity contribution in [2.75, 3.05) is 7.11 Å². The lowest BCUT2D eigenvalue weighted by molar-refractivity contribution is -0.385. The number of ether oxygens (including phenoxy) is 1. The van der Waals surface area contributed by atoms with E-state index < -0.39 is 4.92 Å². The molecule has 0 unspecified atom stereocenters. The molecule has 0 bridgehead atoms. The third-order valence-electron chi connectivity index (χ3n) is 2.02. The summed E-state index contributed by atoms with van der Waals surface area (Å²) >= 11 is 0. The van der Waals surface area contributed by atoms with Crippen molar-refractivity contribution in [3.05, 3.63) is 33.4 Å². The van der Waals surface area contributed by atoms with Crippen molar-refractivity contribution in [2.24, 2.45) is 0 Å². The van der Waals surface area contributed by atoms with Crippen LogP contribution in [0.4, 0.5) is 5.69 Å². The fourth-order valence-corrected chi connectivity index (χ4v) is 1.30. The average Bonchev–Trinajstić information content (AvgIpc) is 2.28. The average molecular weight is 220 g/mol. The van der Waals surface area contributed by atoms with Gasteiger partial charge in [0.2, 0.25) is 0 Å². The first-order valence-corrected chi connectivity index (χ1v) is 4.31. The molecule has 0 aliphatic carbocycles. The smallest absolute Gasteiger partial charge is 0.283 e. The van der Waals surface area contributed by atoms with Crippen LogP contribution in [0.1, 0.15) is 15.9 Å². The molecule has 16 heavy (non-hydrogen) atoms. The highest BCUT2D eigenvalue weighted by atomic mass is 16.6.